The number of hydrogen-bond acceptors (Lipinski definition) is 2. The summed E-state index contributed by atoms with van der Waals surface area (Å²) in [6.07, 6.45) is -0.938. The Balaban J connectivity index is 2.64. The largest absolute Gasteiger partial charge is 0.396 e. The fourth-order valence-corrected chi connectivity index (χ4v) is 0.900. The lowest BCUT2D eigenvalue weighted by molar-refractivity contribution is 0.151. The Morgan fingerprint density at radius 1 is 1.36 bits per heavy atom. The molecule has 0 aliphatic heterocycles. The van der Waals surface area contributed by atoms with Crippen molar-refractivity contribution in [1.82, 2.24) is 0 Å². The van der Waals surface area contributed by atoms with Crippen molar-refractivity contribution >= 4 is 6.21 Å². The second-order valence-electron chi connectivity index (χ2n) is 2.62. The third-order valence-corrected chi connectivity index (χ3v) is 1.59. The van der Waals surface area contributed by atoms with E-state index in [4.69, 9.17) is 4.84 Å². The molecule has 1 aromatic rings. The summed E-state index contributed by atoms with van der Waals surface area (Å²) < 4.78 is 24.3. The van der Waals surface area contributed by atoms with Crippen LogP contribution in [0.2, 0.25) is 0 Å². The van der Waals surface area contributed by atoms with Gasteiger partial charge in [-0.25, -0.2) is 8.78 Å². The summed E-state index contributed by atoms with van der Waals surface area (Å²) in [5.41, 5.74) is 0.751. The van der Waals surface area contributed by atoms with E-state index in [9.17, 15) is 8.78 Å². The number of hydrogen-bond donors (Lipinski definition) is 0. The summed E-state index contributed by atoms with van der Waals surface area (Å²) in [5.74, 6) is 0. The Kier molecular flexibility index (Phi) is 4.04. The van der Waals surface area contributed by atoms with Gasteiger partial charge in [-0.2, -0.15) is 0 Å². The van der Waals surface area contributed by atoms with Crippen LogP contribution in [0.15, 0.2) is 29.4 Å². The molecule has 0 aliphatic carbocycles. The summed E-state index contributed by atoms with van der Waals surface area (Å²) in [6, 6.07) is 5.89. The van der Waals surface area contributed by atoms with Crippen molar-refractivity contribution in [3.63, 3.8) is 0 Å². The second-order valence-corrected chi connectivity index (χ2v) is 2.62. The van der Waals surface area contributed by atoms with Gasteiger partial charge in [0.15, 0.2) is 0 Å². The van der Waals surface area contributed by atoms with Gasteiger partial charge in [0.2, 0.25) is 0 Å². The first kappa shape index (κ1) is 10.6. The van der Waals surface area contributed by atoms with Gasteiger partial charge >= 0.3 is 0 Å². The molecule has 0 saturated carbocycles. The lowest BCUT2D eigenvalue weighted by Crippen LogP contribution is -1.87. The van der Waals surface area contributed by atoms with Gasteiger partial charge in [0.1, 0.15) is 6.61 Å². The van der Waals surface area contributed by atoms with Crippen LogP contribution in [-0.2, 0) is 4.84 Å². The molecule has 0 amide bonds. The number of benzene rings is 1. The van der Waals surface area contributed by atoms with Gasteiger partial charge in [-0.05, 0) is 12.5 Å². The quantitative estimate of drug-likeness (QED) is 0.539. The number of rotatable bonds is 4. The Bertz CT molecular complexity index is 295. The average Bonchev–Trinajstić information content (AvgIpc) is 2.19. The van der Waals surface area contributed by atoms with E-state index in [1.54, 1.807) is 12.1 Å². The van der Waals surface area contributed by atoms with Gasteiger partial charge in [-0.1, -0.05) is 29.4 Å². The molecule has 0 fully saturated rings. The van der Waals surface area contributed by atoms with Gasteiger partial charge < -0.3 is 4.84 Å². The van der Waals surface area contributed by atoms with E-state index in [1.165, 1.54) is 18.3 Å². The van der Waals surface area contributed by atoms with Crippen LogP contribution in [0.3, 0.4) is 0 Å². The summed E-state index contributed by atoms with van der Waals surface area (Å²) in [7, 11) is 0. The molecule has 0 aliphatic rings. The summed E-state index contributed by atoms with van der Waals surface area (Å²) in [5, 5.41) is 3.62. The van der Waals surface area contributed by atoms with E-state index in [-0.39, 0.29) is 5.56 Å². The van der Waals surface area contributed by atoms with Crippen molar-refractivity contribution < 1.29 is 13.6 Å². The van der Waals surface area contributed by atoms with Gasteiger partial charge in [0.25, 0.3) is 6.43 Å². The molecule has 0 heterocycles. The third kappa shape index (κ3) is 3.12. The first-order valence-corrected chi connectivity index (χ1v) is 4.27. The lowest BCUT2D eigenvalue weighted by Gasteiger charge is -1.98. The molecule has 0 spiro atoms. The first-order chi connectivity index (χ1) is 6.74. The molecule has 1 aromatic carbocycles. The summed E-state index contributed by atoms with van der Waals surface area (Å²) in [6.45, 7) is 2.31. The minimum atomic E-state index is -2.42. The molecule has 2 nitrogen and oxygen atoms in total. The lowest BCUT2D eigenvalue weighted by atomic mass is 10.1. The molecular weight excluding hydrogens is 188 g/mol. The normalized spacial score (nSPS) is 11.1. The highest BCUT2D eigenvalue weighted by Gasteiger charge is 2.04. The van der Waals surface area contributed by atoms with Crippen LogP contribution < -0.4 is 0 Å². The smallest absolute Gasteiger partial charge is 0.263 e. The highest BCUT2D eigenvalue weighted by molar-refractivity contribution is 5.79. The molecule has 0 saturated heterocycles. The molecule has 0 unspecified atom stereocenters. The predicted molar refractivity (Wildman–Crippen MR) is 50.6 cm³/mol. The van der Waals surface area contributed by atoms with Crippen LogP contribution in [0.1, 0.15) is 24.5 Å². The van der Waals surface area contributed by atoms with Crippen LogP contribution in [0.5, 0.6) is 0 Å². The van der Waals surface area contributed by atoms with Crippen molar-refractivity contribution in [2.75, 3.05) is 6.61 Å². The van der Waals surface area contributed by atoms with Crippen LogP contribution in [0.4, 0.5) is 8.78 Å². The minimum absolute atomic E-state index is 0.0126. The van der Waals surface area contributed by atoms with Crippen molar-refractivity contribution in [2.24, 2.45) is 5.16 Å². The zero-order chi connectivity index (χ0) is 10.4. The number of oxime groups is 1. The molecule has 0 aromatic heterocycles. The Labute approximate surface area is 81.2 Å². The fraction of sp³-hybridized carbons (Fsp3) is 0.300. The summed E-state index contributed by atoms with van der Waals surface area (Å²) >= 11 is 0. The van der Waals surface area contributed by atoms with Crippen molar-refractivity contribution in [2.45, 2.75) is 13.3 Å². The van der Waals surface area contributed by atoms with Gasteiger partial charge in [0, 0.05) is 5.56 Å². The first-order valence-electron chi connectivity index (χ1n) is 4.27. The number of halogens is 2. The summed E-state index contributed by atoms with van der Waals surface area (Å²) in [4.78, 5) is 4.74. The molecule has 0 atom stereocenters. The topological polar surface area (TPSA) is 21.6 Å². The standard InChI is InChI=1S/C10H11F2NO/c1-2-14-13-7-8-3-5-9(6-4-8)10(11)12/h3-7,10H,2H2,1H3. The van der Waals surface area contributed by atoms with Gasteiger partial charge in [-0.3, -0.25) is 0 Å². The fourth-order valence-electron chi connectivity index (χ4n) is 0.900. The highest BCUT2D eigenvalue weighted by atomic mass is 19.3. The van der Waals surface area contributed by atoms with E-state index in [0.717, 1.165) is 5.56 Å². The zero-order valence-electron chi connectivity index (χ0n) is 7.78. The molecule has 4 heteroatoms. The molecule has 0 bridgehead atoms. The van der Waals surface area contributed by atoms with Gasteiger partial charge in [0.05, 0.1) is 6.21 Å². The van der Waals surface area contributed by atoms with E-state index < -0.39 is 6.43 Å². The zero-order valence-corrected chi connectivity index (χ0v) is 7.78. The van der Waals surface area contributed by atoms with Crippen LogP contribution >= 0.6 is 0 Å². The van der Waals surface area contributed by atoms with E-state index >= 15 is 0 Å². The molecule has 0 N–H and O–H groups in total. The third-order valence-electron chi connectivity index (χ3n) is 1.59. The minimum Gasteiger partial charge on any atom is -0.396 e. The predicted octanol–water partition coefficient (Wildman–Crippen LogP) is 2.99. The van der Waals surface area contributed by atoms with Crippen LogP contribution in [0.25, 0.3) is 0 Å². The molecule has 0 radical (unpaired) electrons. The number of alkyl halides is 2. The van der Waals surface area contributed by atoms with Crippen molar-refractivity contribution in [3.05, 3.63) is 35.4 Å². The SMILES string of the molecule is CCON=Cc1ccc(C(F)F)cc1. The molecule has 1 rings (SSSR count). The number of nitrogens with zero attached hydrogens (tertiary/aromatic N) is 1. The highest BCUT2D eigenvalue weighted by Crippen LogP contribution is 2.18. The molecule has 14 heavy (non-hydrogen) atoms. The van der Waals surface area contributed by atoms with E-state index in [1.807, 2.05) is 6.92 Å². The van der Waals surface area contributed by atoms with Crippen molar-refractivity contribution in [1.29, 1.82) is 0 Å². The van der Waals surface area contributed by atoms with E-state index in [0.29, 0.717) is 6.61 Å². The van der Waals surface area contributed by atoms with Crippen LogP contribution in [0, 0.1) is 0 Å². The molecular formula is C10H11F2NO. The maximum absolute atomic E-state index is 12.1. The maximum atomic E-state index is 12.1. The Morgan fingerprint density at radius 2 is 2.00 bits per heavy atom. The Morgan fingerprint density at radius 3 is 2.50 bits per heavy atom. The second kappa shape index (κ2) is 5.32. The monoisotopic (exact) mass is 199 g/mol. The van der Waals surface area contributed by atoms with Crippen LogP contribution in [-0.4, -0.2) is 12.8 Å². The van der Waals surface area contributed by atoms with Gasteiger partial charge in [-0.15, -0.1) is 0 Å². The average molecular weight is 199 g/mol. The molecule has 76 valence electrons. The Hall–Kier alpha value is -1.45. The maximum Gasteiger partial charge on any atom is 0.263 e. The van der Waals surface area contributed by atoms with E-state index in [2.05, 4.69) is 5.16 Å². The van der Waals surface area contributed by atoms with Crippen molar-refractivity contribution in [3.8, 4) is 0 Å².